The largest absolute Gasteiger partial charge is 0.507 e. The topological polar surface area (TPSA) is 83.6 Å². The predicted octanol–water partition coefficient (Wildman–Crippen LogP) is 11.9. The van der Waals surface area contributed by atoms with Gasteiger partial charge in [0.15, 0.2) is 17.1 Å². The average molecular weight is 861 g/mol. The molecule has 0 unspecified atom stereocenters. The first-order valence-corrected chi connectivity index (χ1v) is 24.1. The van der Waals surface area contributed by atoms with E-state index in [2.05, 4.69) is 184 Å². The van der Waals surface area contributed by atoms with Gasteiger partial charge in [-0.1, -0.05) is 74.5 Å². The van der Waals surface area contributed by atoms with Gasteiger partial charge in [0, 0.05) is 83.5 Å². The highest BCUT2D eigenvalue weighted by atomic mass is 32.2. The molecule has 0 amide bonds. The highest BCUT2D eigenvalue weighted by Gasteiger charge is 2.47. The molecule has 2 N–H and O–H groups in total. The third kappa shape index (κ3) is 7.97. The summed E-state index contributed by atoms with van der Waals surface area (Å²) in [6.45, 7) is 20.2. The van der Waals surface area contributed by atoms with Gasteiger partial charge < -0.3 is 5.11 Å². The van der Waals surface area contributed by atoms with Gasteiger partial charge in [0.25, 0.3) is 10.1 Å². The second-order valence-electron chi connectivity index (χ2n) is 18.9. The Morgan fingerprint density at radius 3 is 1.59 bits per heavy atom. The minimum absolute atomic E-state index is 0.183. The van der Waals surface area contributed by atoms with Gasteiger partial charge in [0.2, 0.25) is 17.1 Å². The van der Waals surface area contributed by atoms with Gasteiger partial charge in [0.1, 0.15) is 25.4 Å². The van der Waals surface area contributed by atoms with Crippen LogP contribution in [0.15, 0.2) is 115 Å². The van der Waals surface area contributed by atoms with Crippen molar-refractivity contribution in [2.45, 2.75) is 90.9 Å². The molecule has 7 nitrogen and oxygen atoms in total. The fourth-order valence-electron chi connectivity index (χ4n) is 10.5. The first kappa shape index (κ1) is 43.9. The maximum Gasteiger partial charge on any atom is 0.265 e. The molecule has 8 heteroatoms. The van der Waals surface area contributed by atoms with Gasteiger partial charge in [-0.15, -0.1) is 0 Å². The van der Waals surface area contributed by atoms with Gasteiger partial charge in [-0.3, -0.25) is 4.55 Å². The number of para-hydroxylation sites is 2. The molecule has 0 saturated carbocycles. The average Bonchev–Trinajstić information content (AvgIpc) is 3.70. The third-order valence-electron chi connectivity index (χ3n) is 13.5. The Kier molecular flexibility index (Phi) is 11.7. The summed E-state index contributed by atoms with van der Waals surface area (Å²) >= 11 is 0. The standard InChI is InChI=1S/C55H60N3O4S/c1-9-32-56-45-22-15-13-20-43(45)53(3,4)48(56)30-26-40-36-38(24-29-50-55(7,8)51-42-19-12-11-18-39(42)25-28-47(51)57(50)33-10-2)37-41(52(40)59)27-31-49-54(5,6)44-21-14-16-23-46(44)58(49)34-17-35-63(60,61)62/h11-16,18-31,36-37H,9-10,17,32-35H2,1-8H3/q+1/p+2. The van der Waals surface area contributed by atoms with E-state index in [4.69, 9.17) is 0 Å². The molecule has 0 atom stereocenters. The Morgan fingerprint density at radius 1 is 0.556 bits per heavy atom. The second kappa shape index (κ2) is 16.8. The van der Waals surface area contributed by atoms with E-state index in [0.717, 1.165) is 48.5 Å². The summed E-state index contributed by atoms with van der Waals surface area (Å²) in [5, 5.41) is 14.8. The van der Waals surface area contributed by atoms with Crippen molar-refractivity contribution in [1.82, 2.24) is 0 Å². The smallest absolute Gasteiger partial charge is 0.265 e. The van der Waals surface area contributed by atoms with E-state index in [1.54, 1.807) is 0 Å². The summed E-state index contributed by atoms with van der Waals surface area (Å²) in [7, 11) is -4.11. The zero-order valence-electron chi connectivity index (χ0n) is 38.1. The quantitative estimate of drug-likeness (QED) is 0.0860. The number of allylic oxidation sites excluding steroid dienone is 3. The molecule has 3 heterocycles. The van der Waals surface area contributed by atoms with Crippen LogP contribution in [-0.2, 0) is 26.4 Å². The Hall–Kier alpha value is -5.70. The molecular formula is C55H62N3O4S+3. The fourth-order valence-corrected chi connectivity index (χ4v) is 11.0. The maximum atomic E-state index is 12.2. The Morgan fingerprint density at radius 2 is 1.03 bits per heavy atom. The third-order valence-corrected chi connectivity index (χ3v) is 14.3. The molecule has 8 rings (SSSR count). The lowest BCUT2D eigenvalue weighted by molar-refractivity contribution is -0.437. The number of aromatic hydroxyl groups is 1. The molecule has 0 aliphatic carbocycles. The number of phenolic OH excluding ortho intramolecular Hbond substituents is 1. The first-order valence-electron chi connectivity index (χ1n) is 22.5. The van der Waals surface area contributed by atoms with Gasteiger partial charge >= 0.3 is 0 Å². The van der Waals surface area contributed by atoms with E-state index in [1.165, 1.54) is 44.7 Å². The molecule has 5 aromatic rings. The van der Waals surface area contributed by atoms with Crippen LogP contribution >= 0.6 is 0 Å². The number of fused-ring (bicyclic) bond motifs is 5. The van der Waals surface area contributed by atoms with Crippen LogP contribution in [0, 0.1) is 0 Å². The molecule has 0 spiro atoms. The van der Waals surface area contributed by atoms with Crippen molar-refractivity contribution in [3.05, 3.63) is 149 Å². The lowest BCUT2D eigenvalue weighted by atomic mass is 9.79. The molecule has 63 heavy (non-hydrogen) atoms. The second-order valence-corrected chi connectivity index (χ2v) is 20.5. The Labute approximate surface area is 374 Å². The van der Waals surface area contributed by atoms with Crippen LogP contribution in [0.2, 0.25) is 0 Å². The Bertz CT molecular complexity index is 2960. The highest BCUT2D eigenvalue weighted by molar-refractivity contribution is 7.85. The van der Waals surface area contributed by atoms with Crippen molar-refractivity contribution in [1.29, 1.82) is 0 Å². The minimum Gasteiger partial charge on any atom is -0.507 e. The number of hydrogen-bond acceptors (Lipinski definition) is 3. The fraction of sp³-hybridized carbons (Fsp3) is 0.327. The van der Waals surface area contributed by atoms with Crippen molar-refractivity contribution in [3.63, 3.8) is 0 Å². The summed E-state index contributed by atoms with van der Waals surface area (Å²) in [6.07, 6.45) is 15.0. The van der Waals surface area contributed by atoms with Crippen LogP contribution in [0.25, 0.3) is 29.0 Å². The van der Waals surface area contributed by atoms with Crippen molar-refractivity contribution in [2.24, 2.45) is 0 Å². The highest BCUT2D eigenvalue weighted by Crippen LogP contribution is 2.45. The number of phenols is 1. The van der Waals surface area contributed by atoms with Crippen molar-refractivity contribution in [3.8, 4) is 5.75 Å². The summed E-state index contributed by atoms with van der Waals surface area (Å²) < 4.78 is 40.1. The van der Waals surface area contributed by atoms with Crippen molar-refractivity contribution < 1.29 is 31.8 Å². The molecule has 0 bridgehead atoms. The van der Waals surface area contributed by atoms with Crippen LogP contribution in [0.5, 0.6) is 5.75 Å². The lowest BCUT2D eigenvalue weighted by Gasteiger charge is -2.17. The molecule has 0 radical (unpaired) electrons. The molecule has 5 aromatic carbocycles. The summed E-state index contributed by atoms with van der Waals surface area (Å²) in [6, 6.07) is 34.2. The Balaban J connectivity index is 1.26. The zero-order valence-corrected chi connectivity index (χ0v) is 38.9. The zero-order chi connectivity index (χ0) is 44.9. The normalized spacial score (nSPS) is 17.6. The van der Waals surface area contributed by atoms with E-state index in [-0.39, 0.29) is 28.8 Å². The van der Waals surface area contributed by atoms with E-state index in [1.807, 2.05) is 18.2 Å². The molecule has 3 aliphatic heterocycles. The monoisotopic (exact) mass is 860 g/mol. The van der Waals surface area contributed by atoms with Crippen molar-refractivity contribution in [2.75, 3.05) is 25.4 Å². The van der Waals surface area contributed by atoms with Crippen LogP contribution in [-0.4, -0.2) is 74.3 Å². The first-order chi connectivity index (χ1) is 30.0. The molecule has 324 valence electrons. The maximum absolute atomic E-state index is 12.2. The number of rotatable bonds is 14. The summed E-state index contributed by atoms with van der Waals surface area (Å²) in [4.78, 5) is 0. The SMILES string of the molecule is CCC[N+]1=C(/C=C/c2cc(/C=C/C3=[N+](CCC)c4ccc5ccccc5c4C3(C)C)cc(/C=C/C3=[N+](CCCS(=O)(=O)O)c4ccccc4C3(C)C)c2O)C(C)(C)c2ccccc21. The molecule has 0 fully saturated rings. The number of benzene rings is 5. The predicted molar refractivity (Wildman–Crippen MR) is 262 cm³/mol. The van der Waals surface area contributed by atoms with Gasteiger partial charge in [-0.05, 0) is 94.3 Å². The molecule has 0 aromatic heterocycles. The van der Waals surface area contributed by atoms with Crippen LogP contribution in [0.3, 0.4) is 0 Å². The van der Waals surface area contributed by atoms with Gasteiger partial charge in [0.05, 0.1) is 22.0 Å². The van der Waals surface area contributed by atoms with Crippen LogP contribution in [0.1, 0.15) is 108 Å². The van der Waals surface area contributed by atoms with E-state index in [0.29, 0.717) is 17.7 Å². The van der Waals surface area contributed by atoms with Crippen LogP contribution < -0.4 is 0 Å². The molecule has 3 aliphatic rings. The molecule has 0 saturated heterocycles. The summed E-state index contributed by atoms with van der Waals surface area (Å²) in [5.74, 6) is -0.139. The van der Waals surface area contributed by atoms with E-state index < -0.39 is 15.5 Å². The van der Waals surface area contributed by atoms with E-state index >= 15 is 0 Å². The minimum atomic E-state index is -4.11. The van der Waals surface area contributed by atoms with Crippen LogP contribution in [0.4, 0.5) is 17.1 Å². The number of hydrogen-bond donors (Lipinski definition) is 2. The van der Waals surface area contributed by atoms with Gasteiger partial charge in [-0.25, -0.2) is 0 Å². The summed E-state index contributed by atoms with van der Waals surface area (Å²) in [5.41, 5.74) is 12.1. The van der Waals surface area contributed by atoms with E-state index in [9.17, 15) is 18.1 Å². The lowest BCUT2D eigenvalue weighted by Crippen LogP contribution is -2.28. The number of nitrogens with zero attached hydrogens (tertiary/aromatic N) is 3. The van der Waals surface area contributed by atoms with Crippen molar-refractivity contribution >= 4 is 73.3 Å². The molecular weight excluding hydrogens is 799 g/mol. The van der Waals surface area contributed by atoms with Gasteiger partial charge in [-0.2, -0.15) is 22.1 Å².